The van der Waals surface area contributed by atoms with Crippen molar-refractivity contribution in [3.05, 3.63) is 54.5 Å². The van der Waals surface area contributed by atoms with Gasteiger partial charge < -0.3 is 22.1 Å². The average molecular weight is 445 g/mol. The summed E-state index contributed by atoms with van der Waals surface area (Å²) in [6.07, 6.45) is 7.51. The monoisotopic (exact) mass is 444 g/mol. The molecule has 0 unspecified atom stereocenters. The topological polar surface area (TPSA) is 163 Å². The number of nitrogens with two attached hydrogens (primary N) is 2. The molecule has 3 aromatic heterocycles. The maximum Gasteiger partial charge on any atom is 0.273 e. The van der Waals surface area contributed by atoms with Crippen molar-refractivity contribution in [3.8, 4) is 5.82 Å². The van der Waals surface area contributed by atoms with E-state index in [1.54, 1.807) is 17.1 Å². The van der Waals surface area contributed by atoms with E-state index in [2.05, 4.69) is 35.9 Å². The summed E-state index contributed by atoms with van der Waals surface area (Å²) >= 11 is 0. The summed E-state index contributed by atoms with van der Waals surface area (Å²) in [5.74, 6) is 0.472. The lowest BCUT2D eigenvalue weighted by Gasteiger charge is -2.29. The molecular weight excluding hydrogens is 420 g/mol. The number of fused-ring (bicyclic) bond motifs is 1. The van der Waals surface area contributed by atoms with Crippen LogP contribution in [0.5, 0.6) is 0 Å². The van der Waals surface area contributed by atoms with Crippen LogP contribution < -0.4 is 22.1 Å². The third-order valence-electron chi connectivity index (χ3n) is 5.79. The van der Waals surface area contributed by atoms with Gasteiger partial charge in [-0.15, -0.1) is 10.2 Å². The standard InChI is InChI=1S/C22H24N10O/c23-14-6-1-2-7-16(14)28-22-29-21(19(20(24)33)30-31-22)27-15-8-5-9-17-13(15)12-26-32(17)18-10-3-4-11-25-18/h3-5,8-12,14,16H,1-2,6-7,23H2,(H2,24,33)(H2,27,28,29,31)/t14-,16+/m0/s1. The van der Waals surface area contributed by atoms with Crippen LogP contribution in [0, 0.1) is 0 Å². The van der Waals surface area contributed by atoms with E-state index < -0.39 is 5.91 Å². The van der Waals surface area contributed by atoms with E-state index in [1.165, 1.54) is 0 Å². The van der Waals surface area contributed by atoms with Crippen molar-refractivity contribution >= 4 is 34.3 Å². The van der Waals surface area contributed by atoms with E-state index in [-0.39, 0.29) is 23.6 Å². The molecule has 168 valence electrons. The Kier molecular flexibility index (Phi) is 5.53. The van der Waals surface area contributed by atoms with Crippen LogP contribution in [-0.4, -0.2) is 47.9 Å². The van der Waals surface area contributed by atoms with Gasteiger partial charge in [-0.05, 0) is 37.1 Å². The normalized spacial score (nSPS) is 18.2. The van der Waals surface area contributed by atoms with Gasteiger partial charge >= 0.3 is 0 Å². The van der Waals surface area contributed by atoms with Gasteiger partial charge in [-0.1, -0.05) is 25.0 Å². The minimum atomic E-state index is -0.727. The maximum atomic E-state index is 12.0. The Hall–Kier alpha value is -4.12. The molecule has 1 aromatic carbocycles. The summed E-state index contributed by atoms with van der Waals surface area (Å²) in [4.78, 5) is 20.9. The van der Waals surface area contributed by atoms with Crippen LogP contribution in [0.1, 0.15) is 36.2 Å². The molecule has 0 aliphatic heterocycles. The summed E-state index contributed by atoms with van der Waals surface area (Å²) in [7, 11) is 0. The number of nitrogens with one attached hydrogen (secondary N) is 2. The molecule has 1 saturated carbocycles. The first-order valence-corrected chi connectivity index (χ1v) is 10.8. The predicted molar refractivity (Wildman–Crippen MR) is 124 cm³/mol. The summed E-state index contributed by atoms with van der Waals surface area (Å²) in [5, 5.41) is 19.8. The number of pyridine rings is 1. The smallest absolute Gasteiger partial charge is 0.273 e. The summed E-state index contributed by atoms with van der Waals surface area (Å²) in [6.45, 7) is 0. The molecular formula is C22H24N10O. The van der Waals surface area contributed by atoms with Crippen LogP contribution in [0.4, 0.5) is 17.5 Å². The lowest BCUT2D eigenvalue weighted by molar-refractivity contribution is 0.0995. The van der Waals surface area contributed by atoms with Gasteiger partial charge in [0, 0.05) is 23.7 Å². The van der Waals surface area contributed by atoms with Crippen LogP contribution in [0.2, 0.25) is 0 Å². The van der Waals surface area contributed by atoms with Crippen LogP contribution in [0.25, 0.3) is 16.7 Å². The van der Waals surface area contributed by atoms with Gasteiger partial charge in [0.05, 0.1) is 17.4 Å². The predicted octanol–water partition coefficient (Wildman–Crippen LogP) is 2.13. The molecule has 1 aliphatic carbocycles. The van der Waals surface area contributed by atoms with E-state index in [0.29, 0.717) is 17.5 Å². The highest BCUT2D eigenvalue weighted by Gasteiger charge is 2.24. The second-order valence-corrected chi connectivity index (χ2v) is 8.00. The van der Waals surface area contributed by atoms with E-state index in [0.717, 1.165) is 36.6 Å². The SMILES string of the molecule is NC(=O)c1nnc(N[C@@H]2CCCC[C@@H]2N)nc1Nc1cccc2c1cnn2-c1ccccn1. The molecule has 11 nitrogen and oxygen atoms in total. The summed E-state index contributed by atoms with van der Waals surface area (Å²) in [5.41, 5.74) is 13.2. The molecule has 0 saturated heterocycles. The molecule has 1 aliphatic rings. The second kappa shape index (κ2) is 8.79. The highest BCUT2D eigenvalue weighted by molar-refractivity contribution is 5.99. The largest absolute Gasteiger partial charge is 0.364 e. The molecule has 5 rings (SSSR count). The molecule has 3 heterocycles. The second-order valence-electron chi connectivity index (χ2n) is 8.00. The number of rotatable bonds is 6. The Morgan fingerprint density at radius 1 is 1.09 bits per heavy atom. The van der Waals surface area contributed by atoms with Gasteiger partial charge in [0.1, 0.15) is 0 Å². The van der Waals surface area contributed by atoms with E-state index >= 15 is 0 Å². The molecule has 2 atom stereocenters. The highest BCUT2D eigenvalue weighted by atomic mass is 16.1. The molecule has 0 radical (unpaired) electrons. The first-order valence-electron chi connectivity index (χ1n) is 10.8. The van der Waals surface area contributed by atoms with Gasteiger partial charge in [-0.2, -0.15) is 10.1 Å². The Labute approximate surface area is 189 Å². The van der Waals surface area contributed by atoms with Gasteiger partial charge in [0.2, 0.25) is 5.95 Å². The zero-order valence-corrected chi connectivity index (χ0v) is 17.8. The fourth-order valence-corrected chi connectivity index (χ4v) is 4.09. The van der Waals surface area contributed by atoms with Crippen LogP contribution >= 0.6 is 0 Å². The lowest BCUT2D eigenvalue weighted by Crippen LogP contribution is -2.43. The molecule has 33 heavy (non-hydrogen) atoms. The molecule has 11 heteroatoms. The van der Waals surface area contributed by atoms with Crippen molar-refractivity contribution < 1.29 is 4.79 Å². The highest BCUT2D eigenvalue weighted by Crippen LogP contribution is 2.28. The fraction of sp³-hybridized carbons (Fsp3) is 0.273. The minimum Gasteiger partial charge on any atom is -0.364 e. The van der Waals surface area contributed by atoms with Crippen molar-refractivity contribution in [2.24, 2.45) is 11.5 Å². The Morgan fingerprint density at radius 3 is 2.76 bits per heavy atom. The number of aromatic nitrogens is 6. The molecule has 4 aromatic rings. The Bertz CT molecular complexity index is 1290. The summed E-state index contributed by atoms with van der Waals surface area (Å²) < 4.78 is 1.74. The third-order valence-corrected chi connectivity index (χ3v) is 5.79. The lowest BCUT2D eigenvalue weighted by atomic mass is 9.91. The number of anilines is 3. The zero-order chi connectivity index (χ0) is 22.8. The third kappa shape index (κ3) is 4.17. The van der Waals surface area contributed by atoms with Crippen LogP contribution in [0.15, 0.2) is 48.8 Å². The number of amides is 1. The Morgan fingerprint density at radius 2 is 1.97 bits per heavy atom. The number of carbonyl (C=O) groups is 1. The molecule has 1 amide bonds. The molecule has 1 fully saturated rings. The molecule has 0 spiro atoms. The van der Waals surface area contributed by atoms with Crippen LogP contribution in [-0.2, 0) is 0 Å². The fourth-order valence-electron chi connectivity index (χ4n) is 4.09. The van der Waals surface area contributed by atoms with Crippen molar-refractivity contribution in [2.45, 2.75) is 37.8 Å². The zero-order valence-electron chi connectivity index (χ0n) is 17.8. The average Bonchev–Trinajstić information content (AvgIpc) is 3.26. The van der Waals surface area contributed by atoms with Gasteiger partial charge in [-0.25, -0.2) is 9.67 Å². The quantitative estimate of drug-likeness (QED) is 0.349. The molecule has 6 N–H and O–H groups in total. The van der Waals surface area contributed by atoms with Gasteiger partial charge in [0.15, 0.2) is 17.3 Å². The summed E-state index contributed by atoms with van der Waals surface area (Å²) in [6, 6.07) is 11.4. The number of carbonyl (C=O) groups excluding carboxylic acids is 1. The van der Waals surface area contributed by atoms with E-state index in [4.69, 9.17) is 11.5 Å². The number of benzene rings is 1. The first kappa shape index (κ1) is 20.8. The number of hydrogen-bond acceptors (Lipinski definition) is 9. The van der Waals surface area contributed by atoms with Crippen molar-refractivity contribution in [1.29, 1.82) is 0 Å². The van der Waals surface area contributed by atoms with Crippen molar-refractivity contribution in [3.63, 3.8) is 0 Å². The first-order chi connectivity index (χ1) is 16.1. The van der Waals surface area contributed by atoms with Crippen LogP contribution in [0.3, 0.4) is 0 Å². The van der Waals surface area contributed by atoms with Crippen molar-refractivity contribution in [2.75, 3.05) is 10.6 Å². The van der Waals surface area contributed by atoms with Gasteiger partial charge in [0.25, 0.3) is 5.91 Å². The number of hydrogen-bond donors (Lipinski definition) is 4. The Balaban J connectivity index is 1.49. The van der Waals surface area contributed by atoms with Gasteiger partial charge in [-0.3, -0.25) is 4.79 Å². The minimum absolute atomic E-state index is 0.0146. The number of nitrogens with zero attached hydrogens (tertiary/aromatic N) is 6. The van der Waals surface area contributed by atoms with E-state index in [1.807, 2.05) is 36.4 Å². The number of primary amides is 1. The van der Waals surface area contributed by atoms with E-state index in [9.17, 15) is 4.79 Å². The maximum absolute atomic E-state index is 12.0. The molecule has 0 bridgehead atoms. The van der Waals surface area contributed by atoms with Crippen molar-refractivity contribution in [1.82, 2.24) is 29.9 Å².